The van der Waals surface area contributed by atoms with E-state index in [0.717, 1.165) is 28.5 Å². The lowest BCUT2D eigenvalue weighted by molar-refractivity contribution is 0.628. The maximum Gasteiger partial charge on any atom is 0.138 e. The highest BCUT2D eigenvalue weighted by Gasteiger charge is 2.10. The summed E-state index contributed by atoms with van der Waals surface area (Å²) in [6, 6.07) is 23.7. The summed E-state index contributed by atoms with van der Waals surface area (Å²) in [5.41, 5.74) is 4.53. The molecule has 2 heteroatoms. The van der Waals surface area contributed by atoms with E-state index in [0.29, 0.717) is 10.9 Å². The molecule has 0 N–H and O–H groups in total. The lowest BCUT2D eigenvalue weighted by Crippen LogP contribution is -1.89. The van der Waals surface area contributed by atoms with Crippen LogP contribution < -0.4 is 0 Å². The average Bonchev–Trinajstić information content (AvgIpc) is 2.69. The SMILES string of the molecule is CCc1ccc2c(F)c(-c3ccc(-c4ccc(F)cc4)cc3)ccc2c1. The van der Waals surface area contributed by atoms with Crippen molar-refractivity contribution in [1.29, 1.82) is 0 Å². The Hall–Kier alpha value is -3.00. The van der Waals surface area contributed by atoms with Crippen molar-refractivity contribution < 1.29 is 8.78 Å². The molecule has 0 saturated heterocycles. The highest BCUT2D eigenvalue weighted by Crippen LogP contribution is 2.31. The summed E-state index contributed by atoms with van der Waals surface area (Å²) in [6.45, 7) is 2.09. The lowest BCUT2D eigenvalue weighted by atomic mass is 9.97. The average molecular weight is 344 g/mol. The molecule has 128 valence electrons. The van der Waals surface area contributed by atoms with Crippen molar-refractivity contribution in [2.24, 2.45) is 0 Å². The van der Waals surface area contributed by atoms with E-state index in [-0.39, 0.29) is 11.6 Å². The van der Waals surface area contributed by atoms with E-state index in [1.54, 1.807) is 12.1 Å². The zero-order chi connectivity index (χ0) is 18.1. The van der Waals surface area contributed by atoms with Crippen molar-refractivity contribution in [3.63, 3.8) is 0 Å². The summed E-state index contributed by atoms with van der Waals surface area (Å²) in [7, 11) is 0. The van der Waals surface area contributed by atoms with Gasteiger partial charge in [-0.1, -0.05) is 73.7 Å². The van der Waals surface area contributed by atoms with Gasteiger partial charge < -0.3 is 0 Å². The molecule has 0 amide bonds. The Bertz CT molecular complexity index is 1060. The molecule has 26 heavy (non-hydrogen) atoms. The molecule has 4 aromatic carbocycles. The molecule has 0 radical (unpaired) electrons. The summed E-state index contributed by atoms with van der Waals surface area (Å²) in [4.78, 5) is 0. The Kier molecular flexibility index (Phi) is 4.26. The fourth-order valence-corrected chi connectivity index (χ4v) is 3.27. The molecule has 4 rings (SSSR count). The second-order valence-corrected chi connectivity index (χ2v) is 6.42. The van der Waals surface area contributed by atoms with E-state index in [4.69, 9.17) is 0 Å². The van der Waals surface area contributed by atoms with Gasteiger partial charge in [-0.25, -0.2) is 8.78 Å². The summed E-state index contributed by atoms with van der Waals surface area (Å²) in [6.07, 6.45) is 0.935. The first-order valence-electron chi connectivity index (χ1n) is 8.73. The van der Waals surface area contributed by atoms with Crippen LogP contribution in [0.5, 0.6) is 0 Å². The molecule has 0 aliphatic heterocycles. The van der Waals surface area contributed by atoms with Crippen LogP contribution in [0.4, 0.5) is 8.78 Å². The molecule has 0 aromatic heterocycles. The van der Waals surface area contributed by atoms with Gasteiger partial charge in [-0.3, -0.25) is 0 Å². The van der Waals surface area contributed by atoms with Crippen molar-refractivity contribution in [3.05, 3.63) is 96.1 Å². The highest BCUT2D eigenvalue weighted by atomic mass is 19.1. The predicted octanol–water partition coefficient (Wildman–Crippen LogP) is 7.01. The van der Waals surface area contributed by atoms with Crippen molar-refractivity contribution in [2.45, 2.75) is 13.3 Å². The van der Waals surface area contributed by atoms with E-state index in [9.17, 15) is 4.39 Å². The first-order valence-corrected chi connectivity index (χ1v) is 8.73. The lowest BCUT2D eigenvalue weighted by Gasteiger charge is -2.09. The van der Waals surface area contributed by atoms with Gasteiger partial charge in [-0.2, -0.15) is 0 Å². The predicted molar refractivity (Wildman–Crippen MR) is 104 cm³/mol. The normalized spacial score (nSPS) is 11.0. The van der Waals surface area contributed by atoms with Crippen molar-refractivity contribution >= 4 is 10.8 Å². The van der Waals surface area contributed by atoms with Crippen LogP contribution in [0.1, 0.15) is 12.5 Å². The molecule has 0 fully saturated rings. The molecule has 0 atom stereocenters. The fraction of sp³-hybridized carbons (Fsp3) is 0.0833. The highest BCUT2D eigenvalue weighted by molar-refractivity contribution is 5.89. The molecule has 0 aliphatic carbocycles. The summed E-state index contributed by atoms with van der Waals surface area (Å²) < 4.78 is 28.1. The minimum atomic E-state index is -0.255. The summed E-state index contributed by atoms with van der Waals surface area (Å²) in [5.74, 6) is -0.450. The quantitative estimate of drug-likeness (QED) is 0.375. The summed E-state index contributed by atoms with van der Waals surface area (Å²) >= 11 is 0. The van der Waals surface area contributed by atoms with Crippen LogP contribution in [0.3, 0.4) is 0 Å². The Morgan fingerprint density at radius 2 is 1.27 bits per heavy atom. The van der Waals surface area contributed by atoms with Gasteiger partial charge in [0.25, 0.3) is 0 Å². The van der Waals surface area contributed by atoms with Crippen LogP contribution in [0.2, 0.25) is 0 Å². The van der Waals surface area contributed by atoms with Gasteiger partial charge in [-0.05, 0) is 46.2 Å². The third-order valence-corrected chi connectivity index (χ3v) is 4.80. The third-order valence-electron chi connectivity index (χ3n) is 4.80. The van der Waals surface area contributed by atoms with Crippen molar-refractivity contribution in [3.8, 4) is 22.3 Å². The maximum atomic E-state index is 15.0. The minimum absolute atomic E-state index is 0.195. The first-order chi connectivity index (χ1) is 12.7. The largest absolute Gasteiger partial charge is 0.207 e. The van der Waals surface area contributed by atoms with Gasteiger partial charge in [0.2, 0.25) is 0 Å². The Morgan fingerprint density at radius 1 is 0.654 bits per heavy atom. The Balaban J connectivity index is 1.73. The third kappa shape index (κ3) is 2.99. The van der Waals surface area contributed by atoms with Crippen LogP contribution in [-0.4, -0.2) is 0 Å². The van der Waals surface area contributed by atoms with Crippen molar-refractivity contribution in [1.82, 2.24) is 0 Å². The van der Waals surface area contributed by atoms with Crippen LogP contribution in [-0.2, 0) is 6.42 Å². The molecular formula is C24H18F2. The molecule has 0 bridgehead atoms. The standard InChI is InChI=1S/C24H18F2/c1-2-16-3-13-23-20(15-16)10-14-22(24(23)26)19-6-4-17(5-7-19)18-8-11-21(25)12-9-18/h3-15H,2H2,1H3. The first kappa shape index (κ1) is 16.5. The molecule has 0 aliphatic rings. The number of rotatable bonds is 3. The number of halogens is 2. The smallest absolute Gasteiger partial charge is 0.138 e. The molecule has 0 nitrogen and oxygen atoms in total. The van der Waals surface area contributed by atoms with Gasteiger partial charge in [0.1, 0.15) is 11.6 Å². The fourth-order valence-electron chi connectivity index (χ4n) is 3.27. The van der Waals surface area contributed by atoms with Gasteiger partial charge >= 0.3 is 0 Å². The van der Waals surface area contributed by atoms with Gasteiger partial charge in [0.05, 0.1) is 0 Å². The van der Waals surface area contributed by atoms with Crippen LogP contribution in [0.15, 0.2) is 78.9 Å². The van der Waals surface area contributed by atoms with E-state index < -0.39 is 0 Å². The van der Waals surface area contributed by atoms with Crippen LogP contribution in [0, 0.1) is 11.6 Å². The van der Waals surface area contributed by atoms with E-state index in [1.807, 2.05) is 54.6 Å². The zero-order valence-corrected chi connectivity index (χ0v) is 14.5. The topological polar surface area (TPSA) is 0 Å². The number of hydrogen-bond acceptors (Lipinski definition) is 0. The number of hydrogen-bond donors (Lipinski definition) is 0. The second-order valence-electron chi connectivity index (χ2n) is 6.42. The Labute approximate surface area is 151 Å². The van der Waals surface area contributed by atoms with E-state index in [2.05, 4.69) is 6.92 Å². The number of benzene rings is 4. The minimum Gasteiger partial charge on any atom is -0.207 e. The van der Waals surface area contributed by atoms with Gasteiger partial charge in [0, 0.05) is 10.9 Å². The molecule has 0 spiro atoms. The molecular weight excluding hydrogens is 326 g/mol. The summed E-state index contributed by atoms with van der Waals surface area (Å²) in [5, 5.41) is 1.57. The molecule has 0 heterocycles. The van der Waals surface area contributed by atoms with E-state index >= 15 is 4.39 Å². The van der Waals surface area contributed by atoms with Crippen LogP contribution in [0.25, 0.3) is 33.0 Å². The molecule has 0 unspecified atom stereocenters. The van der Waals surface area contributed by atoms with Gasteiger partial charge in [0.15, 0.2) is 0 Å². The van der Waals surface area contributed by atoms with Gasteiger partial charge in [-0.15, -0.1) is 0 Å². The number of fused-ring (bicyclic) bond motifs is 1. The number of aryl methyl sites for hydroxylation is 1. The second kappa shape index (κ2) is 6.72. The van der Waals surface area contributed by atoms with Crippen molar-refractivity contribution in [2.75, 3.05) is 0 Å². The van der Waals surface area contributed by atoms with E-state index in [1.165, 1.54) is 17.7 Å². The molecule has 4 aromatic rings. The maximum absolute atomic E-state index is 15.0. The molecule has 0 saturated carbocycles. The zero-order valence-electron chi connectivity index (χ0n) is 14.5. The Morgan fingerprint density at radius 3 is 1.92 bits per heavy atom. The monoisotopic (exact) mass is 344 g/mol. The van der Waals surface area contributed by atoms with Crippen LogP contribution >= 0.6 is 0 Å².